The van der Waals surface area contributed by atoms with Crippen LogP contribution in [0.1, 0.15) is 28.1 Å². The van der Waals surface area contributed by atoms with E-state index in [0.717, 1.165) is 28.0 Å². The third-order valence-electron chi connectivity index (χ3n) is 5.85. The van der Waals surface area contributed by atoms with E-state index in [1.807, 2.05) is 36.4 Å². The quantitative estimate of drug-likeness (QED) is 0.118. The Labute approximate surface area is 223 Å². The first-order chi connectivity index (χ1) is 18.2. The number of rotatable bonds is 11. The molecule has 2 aromatic carbocycles. The van der Waals surface area contributed by atoms with Crippen LogP contribution in [0.2, 0.25) is 0 Å². The highest BCUT2D eigenvalue weighted by Gasteiger charge is 2.29. The van der Waals surface area contributed by atoms with Crippen LogP contribution in [0.15, 0.2) is 58.8 Å². The van der Waals surface area contributed by atoms with Gasteiger partial charge in [-0.25, -0.2) is 13.2 Å². The summed E-state index contributed by atoms with van der Waals surface area (Å²) in [6, 6.07) is 13.1. The average Bonchev–Trinajstić information content (AvgIpc) is 3.54. The van der Waals surface area contributed by atoms with Gasteiger partial charge < -0.3 is 26.2 Å². The summed E-state index contributed by atoms with van der Waals surface area (Å²) < 4.78 is 35.2. The van der Waals surface area contributed by atoms with Gasteiger partial charge in [-0.3, -0.25) is 14.9 Å². The first-order valence-corrected chi connectivity index (χ1v) is 14.1. The van der Waals surface area contributed by atoms with Crippen LogP contribution in [0.5, 0.6) is 5.75 Å². The molecule has 1 unspecified atom stereocenters. The van der Waals surface area contributed by atoms with Crippen LogP contribution in [0, 0.1) is 5.41 Å². The molecule has 4 rings (SSSR count). The zero-order chi connectivity index (χ0) is 27.3. The van der Waals surface area contributed by atoms with Crippen LogP contribution < -0.4 is 25.8 Å². The molecule has 0 fully saturated rings. The first kappa shape index (κ1) is 26.9. The largest absolute Gasteiger partial charge is 0.492 e. The van der Waals surface area contributed by atoms with Crippen molar-refractivity contribution in [1.29, 1.82) is 5.41 Å². The Morgan fingerprint density at radius 3 is 2.63 bits per heavy atom. The summed E-state index contributed by atoms with van der Waals surface area (Å²) in [7, 11) is -4.17. The lowest BCUT2D eigenvalue weighted by Gasteiger charge is -2.16. The molecular weight excluding hydrogens is 530 g/mol. The highest BCUT2D eigenvalue weighted by Crippen LogP contribution is 2.38. The second kappa shape index (κ2) is 11.5. The highest BCUT2D eigenvalue weighted by atomic mass is 32.2. The second-order valence-electron chi connectivity index (χ2n) is 8.54. The summed E-state index contributed by atoms with van der Waals surface area (Å²) in [5, 5.41) is 23.2. The predicted molar refractivity (Wildman–Crippen MR) is 144 cm³/mol. The van der Waals surface area contributed by atoms with E-state index in [4.69, 9.17) is 15.9 Å². The summed E-state index contributed by atoms with van der Waals surface area (Å²) in [4.78, 5) is 24.6. The number of carboxylic acid groups (broad SMARTS) is 1. The SMILES string of the molecule is N=C(N)NCCCC(NC(=O)c1sccc1NS(=O)(=O)c1cc(-c2ccccc2)cc2c1OCC2)C(=O)O. The number of ether oxygens (including phenoxy) is 1. The predicted octanol–water partition coefficient (Wildman–Crippen LogP) is 2.60. The van der Waals surface area contributed by atoms with E-state index in [2.05, 4.69) is 15.4 Å². The van der Waals surface area contributed by atoms with E-state index < -0.39 is 27.9 Å². The monoisotopic (exact) mass is 557 g/mol. The van der Waals surface area contributed by atoms with Crippen molar-refractivity contribution >= 4 is 44.9 Å². The smallest absolute Gasteiger partial charge is 0.326 e. The fourth-order valence-electron chi connectivity index (χ4n) is 4.05. The molecule has 0 radical (unpaired) electrons. The van der Waals surface area contributed by atoms with Crippen molar-refractivity contribution in [2.75, 3.05) is 17.9 Å². The van der Waals surface area contributed by atoms with Crippen molar-refractivity contribution in [3.8, 4) is 16.9 Å². The van der Waals surface area contributed by atoms with E-state index >= 15 is 0 Å². The number of hydrogen-bond donors (Lipinski definition) is 6. The Morgan fingerprint density at radius 1 is 1.16 bits per heavy atom. The first-order valence-electron chi connectivity index (χ1n) is 11.7. The zero-order valence-corrected chi connectivity index (χ0v) is 21.8. The number of thiophene rings is 1. The van der Waals surface area contributed by atoms with Crippen molar-refractivity contribution in [2.24, 2.45) is 5.73 Å². The van der Waals surface area contributed by atoms with E-state index in [1.165, 1.54) is 6.07 Å². The molecule has 0 aliphatic carbocycles. The third kappa shape index (κ3) is 6.23. The van der Waals surface area contributed by atoms with Gasteiger partial charge in [-0.1, -0.05) is 30.3 Å². The van der Waals surface area contributed by atoms with Crippen molar-refractivity contribution in [1.82, 2.24) is 10.6 Å². The Morgan fingerprint density at radius 2 is 1.92 bits per heavy atom. The van der Waals surface area contributed by atoms with Gasteiger partial charge in [-0.15, -0.1) is 11.3 Å². The van der Waals surface area contributed by atoms with Gasteiger partial charge in [0.1, 0.15) is 21.6 Å². The molecule has 1 amide bonds. The van der Waals surface area contributed by atoms with E-state index in [-0.39, 0.29) is 40.1 Å². The maximum Gasteiger partial charge on any atom is 0.326 e. The number of carboxylic acids is 1. The number of benzene rings is 2. The van der Waals surface area contributed by atoms with Crippen LogP contribution in [0.25, 0.3) is 11.1 Å². The number of carbonyl (C=O) groups is 2. The van der Waals surface area contributed by atoms with Crippen LogP contribution in [-0.4, -0.2) is 50.6 Å². The molecule has 11 nitrogen and oxygen atoms in total. The zero-order valence-electron chi connectivity index (χ0n) is 20.2. The number of amides is 1. The van der Waals surface area contributed by atoms with Crippen LogP contribution >= 0.6 is 11.3 Å². The molecule has 1 aliphatic heterocycles. The standard InChI is InChI=1S/C25H27N5O6S2/c26-25(27)28-10-4-7-19(24(32)33)29-23(31)22-18(9-12-37-22)30-38(34,35)20-14-17(15-5-2-1-3-6-15)13-16-8-11-36-21(16)20/h1-3,5-6,9,12-14,19,30H,4,7-8,10-11H2,(H,29,31)(H,32,33)(H4,26,27,28). The minimum atomic E-state index is -4.17. The van der Waals surface area contributed by atoms with Crippen molar-refractivity contribution < 1.29 is 27.9 Å². The molecule has 1 aromatic heterocycles. The van der Waals surface area contributed by atoms with Gasteiger partial charge >= 0.3 is 5.97 Å². The Bertz CT molecular complexity index is 1460. The van der Waals surface area contributed by atoms with Crippen LogP contribution in [0.4, 0.5) is 5.69 Å². The third-order valence-corrected chi connectivity index (χ3v) is 8.13. The number of carbonyl (C=O) groups excluding carboxylic acids is 1. The number of anilines is 1. The number of guanidine groups is 1. The summed E-state index contributed by atoms with van der Waals surface area (Å²) in [6.07, 6.45) is 0.996. The van der Waals surface area contributed by atoms with E-state index in [0.29, 0.717) is 19.4 Å². The van der Waals surface area contributed by atoms with Gasteiger partial charge in [-0.2, -0.15) is 0 Å². The molecule has 13 heteroatoms. The molecule has 3 aromatic rings. The molecule has 38 heavy (non-hydrogen) atoms. The molecule has 1 atom stereocenters. The molecule has 0 saturated heterocycles. The lowest BCUT2D eigenvalue weighted by Crippen LogP contribution is -2.41. The number of fused-ring (bicyclic) bond motifs is 1. The molecule has 0 spiro atoms. The van der Waals surface area contributed by atoms with Crippen molar-refractivity contribution in [3.05, 3.63) is 64.4 Å². The maximum absolute atomic E-state index is 13.5. The van der Waals surface area contributed by atoms with Crippen LogP contribution in [0.3, 0.4) is 0 Å². The topological polar surface area (TPSA) is 184 Å². The minimum absolute atomic E-state index is 0.0264. The molecular formula is C25H27N5O6S2. The summed E-state index contributed by atoms with van der Waals surface area (Å²) in [6.45, 7) is 0.633. The number of nitrogens with two attached hydrogens (primary N) is 1. The summed E-state index contributed by atoms with van der Waals surface area (Å²) in [5.41, 5.74) is 7.60. The number of nitrogens with one attached hydrogen (secondary N) is 4. The fourth-order valence-corrected chi connectivity index (χ4v) is 6.15. The lowest BCUT2D eigenvalue weighted by atomic mass is 10.0. The Balaban J connectivity index is 1.55. The molecule has 1 aliphatic rings. The summed E-state index contributed by atoms with van der Waals surface area (Å²) >= 11 is 0.985. The van der Waals surface area contributed by atoms with Gasteiger partial charge in [0.25, 0.3) is 15.9 Å². The number of aliphatic carboxylic acids is 1. The molecule has 200 valence electrons. The van der Waals surface area contributed by atoms with E-state index in [1.54, 1.807) is 11.4 Å². The van der Waals surface area contributed by atoms with E-state index in [9.17, 15) is 23.1 Å². The highest BCUT2D eigenvalue weighted by molar-refractivity contribution is 7.92. The van der Waals surface area contributed by atoms with Gasteiger partial charge in [0.2, 0.25) is 0 Å². The second-order valence-corrected chi connectivity index (χ2v) is 11.1. The van der Waals surface area contributed by atoms with Gasteiger partial charge in [0.05, 0.1) is 12.3 Å². The minimum Gasteiger partial charge on any atom is -0.492 e. The Kier molecular flexibility index (Phi) is 8.17. The van der Waals surface area contributed by atoms with Crippen molar-refractivity contribution in [2.45, 2.75) is 30.2 Å². The fraction of sp³-hybridized carbons (Fsp3) is 0.240. The number of hydrogen-bond acceptors (Lipinski definition) is 7. The average molecular weight is 558 g/mol. The van der Waals surface area contributed by atoms with Crippen LogP contribution in [-0.2, 0) is 21.2 Å². The molecule has 0 saturated carbocycles. The van der Waals surface area contributed by atoms with Gasteiger partial charge in [-0.05, 0) is 53.1 Å². The number of sulfonamides is 1. The van der Waals surface area contributed by atoms with Crippen molar-refractivity contribution in [3.63, 3.8) is 0 Å². The Hall–Kier alpha value is -4.10. The van der Waals surface area contributed by atoms with Gasteiger partial charge in [0, 0.05) is 13.0 Å². The normalized spacial score (nSPS) is 13.2. The van der Waals surface area contributed by atoms with Gasteiger partial charge in [0.15, 0.2) is 5.96 Å². The summed E-state index contributed by atoms with van der Waals surface area (Å²) in [5.74, 6) is -1.90. The maximum atomic E-state index is 13.5. The molecule has 0 bridgehead atoms. The molecule has 7 N–H and O–H groups in total. The lowest BCUT2D eigenvalue weighted by molar-refractivity contribution is -0.139. The molecule has 2 heterocycles.